The number of aromatic nitrogens is 1. The number of aryl methyl sites for hydroxylation is 1. The van der Waals surface area contributed by atoms with Crippen molar-refractivity contribution < 1.29 is 18.8 Å². The molecule has 0 fully saturated rings. The molecule has 1 aromatic carbocycles. The van der Waals surface area contributed by atoms with E-state index in [0.29, 0.717) is 11.3 Å². The van der Waals surface area contributed by atoms with Crippen LogP contribution in [0.2, 0.25) is 0 Å². The number of nitrogens with one attached hydrogen (secondary N) is 1. The van der Waals surface area contributed by atoms with Crippen LogP contribution in [0.1, 0.15) is 27.4 Å². The van der Waals surface area contributed by atoms with E-state index in [1.165, 1.54) is 18.2 Å². The Balaban J connectivity index is 2.01. The van der Waals surface area contributed by atoms with Gasteiger partial charge in [0.1, 0.15) is 11.6 Å². The van der Waals surface area contributed by atoms with Gasteiger partial charge in [-0.05, 0) is 24.6 Å². The van der Waals surface area contributed by atoms with Gasteiger partial charge in [0.15, 0.2) is 5.69 Å². The molecule has 0 unspecified atom stereocenters. The van der Waals surface area contributed by atoms with Crippen molar-refractivity contribution in [3.05, 3.63) is 52.7 Å². The summed E-state index contributed by atoms with van der Waals surface area (Å²) >= 11 is 0. The number of hydrogen-bond donors (Lipinski definition) is 2. The fourth-order valence-electron chi connectivity index (χ4n) is 1.61. The Labute approximate surface area is 109 Å². The van der Waals surface area contributed by atoms with Crippen molar-refractivity contribution in [2.24, 2.45) is 0 Å². The number of aliphatic hydroxyl groups is 1. The van der Waals surface area contributed by atoms with E-state index in [2.05, 4.69) is 10.5 Å². The maximum absolute atomic E-state index is 13.2. The fraction of sp³-hybridized carbons (Fsp3) is 0.231. The number of carbonyl (C=O) groups excluding carboxylic acids is 1. The van der Waals surface area contributed by atoms with E-state index in [1.54, 1.807) is 13.0 Å². The summed E-state index contributed by atoms with van der Waals surface area (Å²) in [6, 6.07) is 5.83. The molecule has 6 heteroatoms. The van der Waals surface area contributed by atoms with Crippen LogP contribution in [-0.4, -0.2) is 16.2 Å². The minimum atomic E-state index is -0.468. The first kappa shape index (κ1) is 13.2. The molecule has 0 aliphatic carbocycles. The third kappa shape index (κ3) is 3.17. The molecular weight excluding hydrogens is 251 g/mol. The summed E-state index contributed by atoms with van der Waals surface area (Å²) in [6.07, 6.45) is 0. The average Bonchev–Trinajstić information content (AvgIpc) is 2.84. The highest BCUT2D eigenvalue weighted by molar-refractivity contribution is 5.92. The lowest BCUT2D eigenvalue weighted by atomic mass is 10.1. The molecule has 5 nitrogen and oxygen atoms in total. The van der Waals surface area contributed by atoms with Crippen molar-refractivity contribution in [3.8, 4) is 0 Å². The number of amides is 1. The quantitative estimate of drug-likeness (QED) is 0.878. The van der Waals surface area contributed by atoms with Crippen LogP contribution in [0.5, 0.6) is 0 Å². The SMILES string of the molecule is Cc1cc(C(=O)NCc2ccc(F)c(CO)c2)no1. The molecule has 0 saturated carbocycles. The lowest BCUT2D eigenvalue weighted by Crippen LogP contribution is -2.23. The molecule has 0 atom stereocenters. The van der Waals surface area contributed by atoms with Crippen molar-refractivity contribution in [2.45, 2.75) is 20.1 Å². The Morgan fingerprint density at radius 1 is 1.47 bits per heavy atom. The molecule has 0 saturated heterocycles. The third-order valence-electron chi connectivity index (χ3n) is 2.59. The normalized spacial score (nSPS) is 10.5. The number of nitrogens with zero attached hydrogens (tertiary/aromatic N) is 1. The molecule has 0 aliphatic rings. The first-order valence-corrected chi connectivity index (χ1v) is 5.70. The van der Waals surface area contributed by atoms with Crippen molar-refractivity contribution in [3.63, 3.8) is 0 Å². The third-order valence-corrected chi connectivity index (χ3v) is 2.59. The summed E-state index contributed by atoms with van der Waals surface area (Å²) in [4.78, 5) is 11.7. The Morgan fingerprint density at radius 2 is 2.26 bits per heavy atom. The van der Waals surface area contributed by atoms with Crippen molar-refractivity contribution in [1.29, 1.82) is 0 Å². The highest BCUT2D eigenvalue weighted by Crippen LogP contribution is 2.10. The summed E-state index contributed by atoms with van der Waals surface area (Å²) < 4.78 is 18.0. The molecule has 1 aromatic heterocycles. The van der Waals surface area contributed by atoms with Gasteiger partial charge in [0.2, 0.25) is 0 Å². The number of aliphatic hydroxyl groups excluding tert-OH is 1. The van der Waals surface area contributed by atoms with Crippen molar-refractivity contribution in [2.75, 3.05) is 0 Å². The van der Waals surface area contributed by atoms with Gasteiger partial charge in [-0.3, -0.25) is 4.79 Å². The summed E-state index contributed by atoms with van der Waals surface area (Å²) in [5.74, 6) is -0.286. The van der Waals surface area contributed by atoms with Gasteiger partial charge in [0, 0.05) is 18.2 Å². The zero-order valence-electron chi connectivity index (χ0n) is 10.3. The number of halogens is 1. The molecule has 2 N–H and O–H groups in total. The molecule has 19 heavy (non-hydrogen) atoms. The second kappa shape index (κ2) is 5.62. The van der Waals surface area contributed by atoms with E-state index < -0.39 is 5.82 Å². The predicted octanol–water partition coefficient (Wildman–Crippen LogP) is 1.54. The zero-order chi connectivity index (χ0) is 13.8. The van der Waals surface area contributed by atoms with Crippen LogP contribution in [0, 0.1) is 12.7 Å². The standard InChI is InChI=1S/C13H13FN2O3/c1-8-4-12(16-19-8)13(18)15-6-9-2-3-11(14)10(5-9)7-17/h2-5,17H,6-7H2,1H3,(H,15,18). The molecule has 0 radical (unpaired) electrons. The number of rotatable bonds is 4. The zero-order valence-corrected chi connectivity index (χ0v) is 10.3. The highest BCUT2D eigenvalue weighted by atomic mass is 19.1. The topological polar surface area (TPSA) is 75.4 Å². The van der Waals surface area contributed by atoms with Gasteiger partial charge in [0.05, 0.1) is 6.61 Å². The van der Waals surface area contributed by atoms with Gasteiger partial charge in [-0.2, -0.15) is 0 Å². The average molecular weight is 264 g/mol. The summed E-state index contributed by atoms with van der Waals surface area (Å²) in [7, 11) is 0. The highest BCUT2D eigenvalue weighted by Gasteiger charge is 2.10. The maximum atomic E-state index is 13.2. The molecule has 0 bridgehead atoms. The van der Waals surface area contributed by atoms with Crippen LogP contribution in [0.15, 0.2) is 28.8 Å². The van der Waals surface area contributed by atoms with Gasteiger partial charge in [-0.15, -0.1) is 0 Å². The van der Waals surface area contributed by atoms with E-state index in [0.717, 1.165) is 0 Å². The second-order valence-corrected chi connectivity index (χ2v) is 4.09. The molecule has 1 amide bonds. The summed E-state index contributed by atoms with van der Waals surface area (Å²) in [6.45, 7) is 1.53. The van der Waals surface area contributed by atoms with Gasteiger partial charge < -0.3 is 14.9 Å². The summed E-state index contributed by atoms with van der Waals surface area (Å²) in [5.41, 5.74) is 1.09. The Kier molecular flexibility index (Phi) is 3.91. The summed E-state index contributed by atoms with van der Waals surface area (Å²) in [5, 5.41) is 15.2. The van der Waals surface area contributed by atoms with Crippen molar-refractivity contribution in [1.82, 2.24) is 10.5 Å². The first-order valence-electron chi connectivity index (χ1n) is 5.70. The predicted molar refractivity (Wildman–Crippen MR) is 64.7 cm³/mol. The molecule has 0 spiro atoms. The molecule has 100 valence electrons. The van der Waals surface area contributed by atoms with E-state index in [4.69, 9.17) is 9.63 Å². The first-order chi connectivity index (χ1) is 9.10. The van der Waals surface area contributed by atoms with E-state index >= 15 is 0 Å². The van der Waals surface area contributed by atoms with Crippen LogP contribution in [0.25, 0.3) is 0 Å². The van der Waals surface area contributed by atoms with Crippen LogP contribution >= 0.6 is 0 Å². The fourth-order valence-corrected chi connectivity index (χ4v) is 1.61. The van der Waals surface area contributed by atoms with Crippen LogP contribution in [-0.2, 0) is 13.2 Å². The number of hydrogen-bond acceptors (Lipinski definition) is 4. The largest absolute Gasteiger partial charge is 0.392 e. The van der Waals surface area contributed by atoms with E-state index in [-0.39, 0.29) is 30.3 Å². The monoisotopic (exact) mass is 264 g/mol. The molecule has 0 aliphatic heterocycles. The lowest BCUT2D eigenvalue weighted by Gasteiger charge is -2.05. The van der Waals surface area contributed by atoms with Gasteiger partial charge >= 0.3 is 0 Å². The van der Waals surface area contributed by atoms with Crippen LogP contribution < -0.4 is 5.32 Å². The van der Waals surface area contributed by atoms with Gasteiger partial charge in [-0.1, -0.05) is 11.2 Å². The lowest BCUT2D eigenvalue weighted by molar-refractivity contribution is 0.0942. The van der Waals surface area contributed by atoms with Gasteiger partial charge in [0.25, 0.3) is 5.91 Å². The minimum Gasteiger partial charge on any atom is -0.392 e. The van der Waals surface area contributed by atoms with Crippen LogP contribution in [0.3, 0.4) is 0 Å². The Bertz CT molecular complexity index is 595. The number of benzene rings is 1. The van der Waals surface area contributed by atoms with E-state index in [9.17, 15) is 9.18 Å². The molecular formula is C13H13FN2O3. The second-order valence-electron chi connectivity index (χ2n) is 4.09. The van der Waals surface area contributed by atoms with Gasteiger partial charge in [-0.25, -0.2) is 4.39 Å². The molecule has 2 rings (SSSR count). The molecule has 1 heterocycles. The number of carbonyl (C=O) groups is 1. The smallest absolute Gasteiger partial charge is 0.273 e. The minimum absolute atomic E-state index is 0.196. The van der Waals surface area contributed by atoms with Crippen LogP contribution in [0.4, 0.5) is 4.39 Å². The Hall–Kier alpha value is -2.21. The molecule has 2 aromatic rings. The maximum Gasteiger partial charge on any atom is 0.273 e. The van der Waals surface area contributed by atoms with Crippen molar-refractivity contribution >= 4 is 5.91 Å². The Morgan fingerprint density at radius 3 is 2.89 bits per heavy atom. The van der Waals surface area contributed by atoms with E-state index in [1.807, 2.05) is 0 Å².